The van der Waals surface area contributed by atoms with E-state index in [1.807, 2.05) is 54.6 Å². The van der Waals surface area contributed by atoms with E-state index in [0.29, 0.717) is 17.7 Å². The van der Waals surface area contributed by atoms with Gasteiger partial charge in [-0.25, -0.2) is 0 Å². The minimum Gasteiger partial charge on any atom is -0.494 e. The molecule has 0 saturated carbocycles. The topological polar surface area (TPSA) is 29.5 Å². The first-order chi connectivity index (χ1) is 13.8. The summed E-state index contributed by atoms with van der Waals surface area (Å²) < 4.78 is 5.88. The lowest BCUT2D eigenvalue weighted by Crippen LogP contribution is -2.25. The van der Waals surface area contributed by atoms with Crippen LogP contribution in [0.5, 0.6) is 5.75 Å². The molecular weight excluding hydrogens is 346 g/mol. The van der Waals surface area contributed by atoms with Gasteiger partial charge in [0.25, 0.3) is 0 Å². The molecule has 0 spiro atoms. The zero-order chi connectivity index (χ0) is 19.4. The lowest BCUT2D eigenvalue weighted by Gasteiger charge is -2.19. The van der Waals surface area contributed by atoms with E-state index in [-0.39, 0.29) is 5.78 Å². The maximum Gasteiger partial charge on any atom is 0.193 e. The number of nitrogens with zero attached hydrogens (tertiary/aromatic N) is 1. The molecule has 1 saturated heterocycles. The first-order valence-electron chi connectivity index (χ1n) is 10.9. The van der Waals surface area contributed by atoms with Gasteiger partial charge >= 0.3 is 0 Å². The van der Waals surface area contributed by atoms with Crippen LogP contribution in [0.15, 0.2) is 54.6 Å². The Morgan fingerprint density at radius 2 is 1.50 bits per heavy atom. The number of unbranched alkanes of at least 4 members (excludes halogenated alkanes) is 3. The van der Waals surface area contributed by atoms with E-state index < -0.39 is 0 Å². The zero-order valence-corrected chi connectivity index (χ0v) is 16.9. The molecule has 3 nitrogen and oxygen atoms in total. The van der Waals surface area contributed by atoms with Gasteiger partial charge in [-0.05, 0) is 57.5 Å². The fourth-order valence-electron chi connectivity index (χ4n) is 3.82. The first kappa shape index (κ1) is 20.6. The molecule has 1 fully saturated rings. The molecule has 1 aliphatic rings. The molecule has 3 heteroatoms. The van der Waals surface area contributed by atoms with Crippen LogP contribution in [0.1, 0.15) is 67.3 Å². The number of hydrogen-bond donors (Lipinski definition) is 0. The molecule has 28 heavy (non-hydrogen) atoms. The molecule has 0 radical (unpaired) electrons. The molecular formula is C25H33NO2. The fourth-order valence-corrected chi connectivity index (χ4v) is 3.82. The van der Waals surface area contributed by atoms with E-state index in [2.05, 4.69) is 4.90 Å². The maximum atomic E-state index is 12.5. The van der Waals surface area contributed by atoms with Crippen molar-refractivity contribution in [2.45, 2.75) is 51.4 Å². The molecule has 0 aromatic heterocycles. The first-order valence-corrected chi connectivity index (χ1v) is 10.9. The maximum absolute atomic E-state index is 12.5. The number of hydrogen-bond acceptors (Lipinski definition) is 3. The van der Waals surface area contributed by atoms with Crippen LogP contribution >= 0.6 is 0 Å². The molecule has 2 aromatic rings. The van der Waals surface area contributed by atoms with Crippen molar-refractivity contribution in [2.75, 3.05) is 26.2 Å². The average molecular weight is 380 g/mol. The molecule has 0 aliphatic carbocycles. The van der Waals surface area contributed by atoms with E-state index in [1.165, 1.54) is 64.6 Å². The summed E-state index contributed by atoms with van der Waals surface area (Å²) >= 11 is 0. The lowest BCUT2D eigenvalue weighted by molar-refractivity contribution is 0.103. The number of ketones is 1. The summed E-state index contributed by atoms with van der Waals surface area (Å²) in [6, 6.07) is 16.9. The number of carbonyl (C=O) groups excluding carboxylic acids is 1. The lowest BCUT2D eigenvalue weighted by atomic mass is 10.0. The van der Waals surface area contributed by atoms with Crippen LogP contribution in [0.3, 0.4) is 0 Å². The zero-order valence-electron chi connectivity index (χ0n) is 16.9. The molecule has 2 aromatic carbocycles. The third-order valence-corrected chi connectivity index (χ3v) is 5.47. The van der Waals surface area contributed by atoms with Gasteiger partial charge in [0.1, 0.15) is 5.75 Å². The second kappa shape index (κ2) is 11.7. The van der Waals surface area contributed by atoms with Crippen molar-refractivity contribution in [2.24, 2.45) is 0 Å². The highest BCUT2D eigenvalue weighted by Gasteiger charge is 2.10. The molecule has 150 valence electrons. The molecule has 0 bridgehead atoms. The number of carbonyl (C=O) groups is 1. The van der Waals surface area contributed by atoms with Crippen LogP contribution < -0.4 is 4.74 Å². The summed E-state index contributed by atoms with van der Waals surface area (Å²) in [7, 11) is 0. The Morgan fingerprint density at radius 1 is 0.786 bits per heavy atom. The predicted octanol–water partition coefficient (Wildman–Crippen LogP) is 5.73. The average Bonchev–Trinajstić information content (AvgIpc) is 3.02. The van der Waals surface area contributed by atoms with E-state index in [4.69, 9.17) is 4.74 Å². The summed E-state index contributed by atoms with van der Waals surface area (Å²) in [5.41, 5.74) is 1.39. The van der Waals surface area contributed by atoms with Crippen LogP contribution in [0.25, 0.3) is 0 Å². The minimum atomic E-state index is 0.0413. The summed E-state index contributed by atoms with van der Waals surface area (Å²) in [5, 5.41) is 0. The van der Waals surface area contributed by atoms with Gasteiger partial charge in [-0.2, -0.15) is 0 Å². The SMILES string of the molecule is O=C(c1ccccc1)c1cccc(OCCCCCCN2CCCCCC2)c1. The monoisotopic (exact) mass is 379 g/mol. The molecule has 0 unspecified atom stereocenters. The Kier molecular flexibility index (Phi) is 8.57. The summed E-state index contributed by atoms with van der Waals surface area (Å²) in [4.78, 5) is 15.2. The van der Waals surface area contributed by atoms with Crippen molar-refractivity contribution in [3.63, 3.8) is 0 Å². The molecule has 0 atom stereocenters. The van der Waals surface area contributed by atoms with E-state index in [9.17, 15) is 4.79 Å². The quantitative estimate of drug-likeness (QED) is 0.390. The van der Waals surface area contributed by atoms with Gasteiger partial charge in [0, 0.05) is 11.1 Å². The van der Waals surface area contributed by atoms with E-state index in [1.54, 1.807) is 0 Å². The van der Waals surface area contributed by atoms with Crippen molar-refractivity contribution in [3.05, 3.63) is 65.7 Å². The Balaban J connectivity index is 1.33. The number of rotatable bonds is 10. The van der Waals surface area contributed by atoms with Crippen LogP contribution in [0, 0.1) is 0 Å². The Hall–Kier alpha value is -2.13. The molecule has 3 rings (SSSR count). The van der Waals surface area contributed by atoms with Crippen LogP contribution in [0.4, 0.5) is 0 Å². The van der Waals surface area contributed by atoms with Gasteiger partial charge in [0.2, 0.25) is 0 Å². The Morgan fingerprint density at radius 3 is 2.29 bits per heavy atom. The van der Waals surface area contributed by atoms with Gasteiger partial charge in [0.15, 0.2) is 5.78 Å². The highest BCUT2D eigenvalue weighted by molar-refractivity contribution is 6.09. The number of benzene rings is 2. The molecule has 1 aliphatic heterocycles. The third-order valence-electron chi connectivity index (χ3n) is 5.47. The molecule has 1 heterocycles. The Bertz CT molecular complexity index is 705. The van der Waals surface area contributed by atoms with E-state index in [0.717, 1.165) is 12.2 Å². The van der Waals surface area contributed by atoms with Gasteiger partial charge in [-0.15, -0.1) is 0 Å². The second-order valence-electron chi connectivity index (χ2n) is 7.74. The minimum absolute atomic E-state index is 0.0413. The van der Waals surface area contributed by atoms with Crippen molar-refractivity contribution < 1.29 is 9.53 Å². The van der Waals surface area contributed by atoms with Gasteiger partial charge in [-0.1, -0.05) is 68.1 Å². The number of likely N-dealkylation sites (tertiary alicyclic amines) is 1. The standard InChI is InChI=1S/C25H33NO2/c27-25(22-13-6-5-7-14-22)23-15-12-16-24(21-23)28-20-11-4-3-10-19-26-17-8-1-2-9-18-26/h5-7,12-16,21H,1-4,8-11,17-20H2. The summed E-state index contributed by atoms with van der Waals surface area (Å²) in [6.07, 6.45) is 10.4. The van der Waals surface area contributed by atoms with Gasteiger partial charge in [0.05, 0.1) is 6.61 Å². The van der Waals surface area contributed by atoms with Crippen molar-refractivity contribution in [1.82, 2.24) is 4.90 Å². The summed E-state index contributed by atoms with van der Waals surface area (Å²) in [5.74, 6) is 0.825. The highest BCUT2D eigenvalue weighted by Crippen LogP contribution is 2.17. The predicted molar refractivity (Wildman–Crippen MR) is 115 cm³/mol. The van der Waals surface area contributed by atoms with Crippen molar-refractivity contribution >= 4 is 5.78 Å². The largest absolute Gasteiger partial charge is 0.494 e. The van der Waals surface area contributed by atoms with Crippen LogP contribution in [0.2, 0.25) is 0 Å². The molecule has 0 amide bonds. The normalized spacial score (nSPS) is 15.1. The smallest absolute Gasteiger partial charge is 0.193 e. The van der Waals surface area contributed by atoms with Gasteiger partial charge in [-0.3, -0.25) is 4.79 Å². The third kappa shape index (κ3) is 6.79. The van der Waals surface area contributed by atoms with Crippen molar-refractivity contribution in [1.29, 1.82) is 0 Å². The highest BCUT2D eigenvalue weighted by atomic mass is 16.5. The fraction of sp³-hybridized carbons (Fsp3) is 0.480. The second-order valence-corrected chi connectivity index (χ2v) is 7.74. The van der Waals surface area contributed by atoms with E-state index >= 15 is 0 Å². The summed E-state index contributed by atoms with van der Waals surface area (Å²) in [6.45, 7) is 4.56. The van der Waals surface area contributed by atoms with Crippen molar-refractivity contribution in [3.8, 4) is 5.75 Å². The van der Waals surface area contributed by atoms with Gasteiger partial charge < -0.3 is 9.64 Å². The molecule has 0 N–H and O–H groups in total. The van der Waals surface area contributed by atoms with Crippen LogP contribution in [-0.2, 0) is 0 Å². The number of ether oxygens (including phenoxy) is 1. The Labute approximate surface area is 169 Å². The van der Waals surface area contributed by atoms with Crippen LogP contribution in [-0.4, -0.2) is 36.9 Å².